The van der Waals surface area contributed by atoms with Crippen LogP contribution in [-0.4, -0.2) is 90.7 Å². The van der Waals surface area contributed by atoms with Crippen LogP contribution in [0.3, 0.4) is 0 Å². The number of carbonyl (C=O) groups is 1. The number of thiophene rings is 1. The fourth-order valence-corrected chi connectivity index (χ4v) is 9.46. The molecule has 11 heteroatoms. The molecule has 3 atom stereocenters. The molecule has 3 unspecified atom stereocenters. The van der Waals surface area contributed by atoms with Crippen LogP contribution in [0.25, 0.3) is 0 Å². The van der Waals surface area contributed by atoms with Crippen molar-refractivity contribution in [1.82, 2.24) is 20.3 Å². The Balaban J connectivity index is 1.24. The monoisotopic (exact) mass is 618 g/mol. The molecule has 0 radical (unpaired) electrons. The Bertz CT molecular complexity index is 1480. The van der Waals surface area contributed by atoms with E-state index in [1.165, 1.54) is 41.5 Å². The lowest BCUT2D eigenvalue weighted by molar-refractivity contribution is -0.126. The molecule has 44 heavy (non-hydrogen) atoms. The van der Waals surface area contributed by atoms with Crippen LogP contribution >= 0.6 is 11.3 Å². The van der Waals surface area contributed by atoms with E-state index in [9.17, 15) is 4.79 Å². The highest BCUT2D eigenvalue weighted by Crippen LogP contribution is 2.53. The quantitative estimate of drug-likeness (QED) is 0.473. The van der Waals surface area contributed by atoms with Crippen molar-refractivity contribution < 1.29 is 9.63 Å². The summed E-state index contributed by atoms with van der Waals surface area (Å²) in [6, 6.07) is 4.95. The summed E-state index contributed by atoms with van der Waals surface area (Å²) in [5.41, 5.74) is 13.1. The lowest BCUT2D eigenvalue weighted by Gasteiger charge is -2.43. The first kappa shape index (κ1) is 29.6. The molecule has 0 bridgehead atoms. The maximum atomic E-state index is 12.3. The zero-order valence-electron chi connectivity index (χ0n) is 26.4. The second-order valence-corrected chi connectivity index (χ2v) is 14.4. The molecule has 236 valence electrons. The van der Waals surface area contributed by atoms with Gasteiger partial charge in [0, 0.05) is 73.9 Å². The van der Waals surface area contributed by atoms with Crippen LogP contribution in [0.2, 0.25) is 0 Å². The summed E-state index contributed by atoms with van der Waals surface area (Å²) in [5.74, 6) is 1.65. The fourth-order valence-electron chi connectivity index (χ4n) is 8.13. The van der Waals surface area contributed by atoms with Gasteiger partial charge >= 0.3 is 0 Å². The maximum Gasteiger partial charge on any atom is 0.246 e. The van der Waals surface area contributed by atoms with E-state index in [1.54, 1.807) is 11.3 Å². The number of hydrogen-bond acceptors (Lipinski definition) is 10. The molecule has 5 aliphatic rings. The normalized spacial score (nSPS) is 28.8. The number of amides is 1. The number of hydroxylamine groups is 1. The van der Waals surface area contributed by atoms with Crippen LogP contribution in [0.5, 0.6) is 0 Å². The van der Waals surface area contributed by atoms with Crippen LogP contribution in [-0.2, 0) is 27.9 Å². The van der Waals surface area contributed by atoms with Crippen molar-refractivity contribution in [3.05, 3.63) is 46.5 Å². The predicted molar refractivity (Wildman–Crippen MR) is 178 cm³/mol. The molecule has 10 nitrogen and oxygen atoms in total. The molecule has 6 heterocycles. The molecular formula is C33H46N8O2S. The summed E-state index contributed by atoms with van der Waals surface area (Å²) in [4.78, 5) is 40.0. The SMILES string of the molecule is C=CC(=O)N1CCN(c2cc(C3=NC(C)(C4(C)CCCc5sc(N)c(CC)c54)ON3)nc(N3CCN4CCCC4C3)c2)CC1. The second-order valence-electron chi connectivity index (χ2n) is 13.3. The molecule has 3 saturated heterocycles. The average molecular weight is 619 g/mol. The number of piperazine rings is 2. The molecule has 2 aromatic rings. The number of nitrogens with zero attached hydrogens (tertiary/aromatic N) is 6. The molecule has 1 amide bonds. The number of nitrogens with one attached hydrogen (secondary N) is 1. The Kier molecular flexibility index (Phi) is 7.61. The first-order valence-electron chi connectivity index (χ1n) is 16.3. The largest absolute Gasteiger partial charge is 0.390 e. The summed E-state index contributed by atoms with van der Waals surface area (Å²) in [6.07, 6.45) is 7.96. The highest BCUT2D eigenvalue weighted by Gasteiger charge is 2.54. The van der Waals surface area contributed by atoms with Gasteiger partial charge in [-0.1, -0.05) is 20.4 Å². The number of fused-ring (bicyclic) bond motifs is 2. The topological polar surface area (TPSA) is 103 Å². The Morgan fingerprint density at radius 1 is 1.16 bits per heavy atom. The van der Waals surface area contributed by atoms with E-state index in [-0.39, 0.29) is 11.3 Å². The van der Waals surface area contributed by atoms with E-state index >= 15 is 0 Å². The average Bonchev–Trinajstić information content (AvgIpc) is 3.77. The van der Waals surface area contributed by atoms with Crippen LogP contribution in [0, 0.1) is 0 Å². The molecule has 0 aromatic carbocycles. The first-order chi connectivity index (χ1) is 21.2. The molecule has 4 aliphatic heterocycles. The fraction of sp³-hybridized carbons (Fsp3) is 0.606. The van der Waals surface area contributed by atoms with Gasteiger partial charge < -0.3 is 20.4 Å². The third kappa shape index (κ3) is 4.87. The van der Waals surface area contributed by atoms with Crippen molar-refractivity contribution in [3.8, 4) is 0 Å². The number of hydrogen-bond donors (Lipinski definition) is 2. The van der Waals surface area contributed by atoms with Crippen molar-refractivity contribution in [2.24, 2.45) is 4.99 Å². The van der Waals surface area contributed by atoms with Crippen LogP contribution in [0.15, 0.2) is 29.8 Å². The van der Waals surface area contributed by atoms with E-state index in [2.05, 4.69) is 59.7 Å². The van der Waals surface area contributed by atoms with Crippen LogP contribution in [0.4, 0.5) is 16.5 Å². The number of carbonyl (C=O) groups excluding carboxylic acids is 1. The van der Waals surface area contributed by atoms with Gasteiger partial charge in [0.05, 0.1) is 5.00 Å². The smallest absolute Gasteiger partial charge is 0.246 e. The second kappa shape index (κ2) is 11.3. The number of aliphatic imine (C=N–C) groups is 1. The van der Waals surface area contributed by atoms with Gasteiger partial charge in [0.25, 0.3) is 0 Å². The third-order valence-corrected chi connectivity index (χ3v) is 12.0. The van der Waals surface area contributed by atoms with Gasteiger partial charge in [-0.25, -0.2) is 20.3 Å². The molecule has 3 N–H and O–H groups in total. The van der Waals surface area contributed by atoms with E-state index in [4.69, 9.17) is 20.5 Å². The molecular weight excluding hydrogens is 572 g/mol. The molecule has 7 rings (SSSR count). The van der Waals surface area contributed by atoms with E-state index < -0.39 is 5.72 Å². The van der Waals surface area contributed by atoms with Crippen molar-refractivity contribution >= 4 is 39.6 Å². The van der Waals surface area contributed by atoms with E-state index in [0.29, 0.717) is 25.0 Å². The minimum absolute atomic E-state index is 0.00545. The number of pyridine rings is 1. The highest BCUT2D eigenvalue weighted by molar-refractivity contribution is 7.16. The number of aromatic nitrogens is 1. The minimum Gasteiger partial charge on any atom is -0.390 e. The van der Waals surface area contributed by atoms with Crippen molar-refractivity contribution in [3.63, 3.8) is 0 Å². The Morgan fingerprint density at radius 3 is 2.73 bits per heavy atom. The van der Waals surface area contributed by atoms with Gasteiger partial charge in [-0.3, -0.25) is 9.69 Å². The molecule has 0 spiro atoms. The van der Waals surface area contributed by atoms with Gasteiger partial charge in [0.2, 0.25) is 5.91 Å². The number of nitrogen functional groups attached to an aromatic ring is 1. The first-order valence-corrected chi connectivity index (χ1v) is 17.2. The van der Waals surface area contributed by atoms with E-state index in [1.807, 2.05) is 4.90 Å². The molecule has 1 aliphatic carbocycles. The summed E-state index contributed by atoms with van der Waals surface area (Å²) < 4.78 is 0. The number of nitrogens with two attached hydrogens (primary N) is 1. The summed E-state index contributed by atoms with van der Waals surface area (Å²) in [5, 5.41) is 0.931. The number of anilines is 3. The Morgan fingerprint density at radius 2 is 1.95 bits per heavy atom. The summed E-state index contributed by atoms with van der Waals surface area (Å²) in [6.45, 7) is 17.3. The van der Waals surface area contributed by atoms with Gasteiger partial charge in [-0.15, -0.1) is 11.3 Å². The number of aryl methyl sites for hydroxylation is 1. The van der Waals surface area contributed by atoms with E-state index in [0.717, 1.165) is 80.6 Å². The standard InChI is InChI=1S/C33H46N8O2S/c1-5-24-29-26(44-30(24)34)10-7-11-32(29,3)33(4)36-31(37-43-33)25-19-23(39-13-16-40(17-14-39)28(42)6-2)20-27(35-25)41-18-15-38-12-8-9-22(38)21-41/h6,19-20,22H,2,5,7-18,21,34H2,1,3-4H3,(H,36,37). The van der Waals surface area contributed by atoms with Gasteiger partial charge in [-0.2, -0.15) is 0 Å². The van der Waals surface area contributed by atoms with Gasteiger partial charge in [0.15, 0.2) is 11.6 Å². The van der Waals surface area contributed by atoms with Crippen LogP contribution < -0.4 is 21.0 Å². The third-order valence-electron chi connectivity index (χ3n) is 10.9. The minimum atomic E-state index is -0.807. The van der Waals surface area contributed by atoms with Crippen molar-refractivity contribution in [1.29, 1.82) is 0 Å². The predicted octanol–water partition coefficient (Wildman–Crippen LogP) is 3.70. The molecule has 0 saturated carbocycles. The van der Waals surface area contributed by atoms with Gasteiger partial charge in [0.1, 0.15) is 11.5 Å². The number of rotatable bonds is 6. The maximum absolute atomic E-state index is 12.3. The lowest BCUT2D eigenvalue weighted by atomic mass is 9.66. The summed E-state index contributed by atoms with van der Waals surface area (Å²) in [7, 11) is 0. The zero-order chi connectivity index (χ0) is 30.6. The van der Waals surface area contributed by atoms with Crippen molar-refractivity contribution in [2.75, 3.05) is 67.9 Å². The van der Waals surface area contributed by atoms with Gasteiger partial charge in [-0.05, 0) is 75.3 Å². The summed E-state index contributed by atoms with van der Waals surface area (Å²) >= 11 is 1.74. The number of amidine groups is 1. The van der Waals surface area contributed by atoms with Crippen molar-refractivity contribution in [2.45, 2.75) is 76.5 Å². The Labute approximate surface area is 264 Å². The molecule has 3 fully saturated rings. The highest BCUT2D eigenvalue weighted by atomic mass is 32.1. The zero-order valence-corrected chi connectivity index (χ0v) is 27.2. The lowest BCUT2D eigenvalue weighted by Crippen LogP contribution is -2.50. The Hall–Kier alpha value is -3.15. The van der Waals surface area contributed by atoms with Crippen LogP contribution in [0.1, 0.15) is 68.2 Å². The molecule has 2 aromatic heterocycles.